The number of benzene rings is 1. The molecule has 2 rings (SSSR count). The van der Waals surface area contributed by atoms with E-state index in [-0.39, 0.29) is 0 Å². The standard InChI is InChI=1S/C15H22N4/c1-12(2)13-6-5-8-15(10-13)19-11-14(17-18-19)7-3-4-9-16/h5-6,8,10-12H,3-4,7,9,16H2,1-2H3. The van der Waals surface area contributed by atoms with Gasteiger partial charge in [-0.2, -0.15) is 0 Å². The molecule has 0 amide bonds. The Labute approximate surface area is 114 Å². The van der Waals surface area contributed by atoms with Crippen LogP contribution in [0.4, 0.5) is 0 Å². The van der Waals surface area contributed by atoms with Gasteiger partial charge in [-0.1, -0.05) is 31.2 Å². The third kappa shape index (κ3) is 3.64. The van der Waals surface area contributed by atoms with Crippen LogP contribution in [0.15, 0.2) is 30.5 Å². The second-order valence-electron chi connectivity index (χ2n) is 5.15. The average molecular weight is 258 g/mol. The fraction of sp³-hybridized carbons (Fsp3) is 0.467. The van der Waals surface area contributed by atoms with E-state index in [1.807, 2.05) is 10.9 Å². The molecule has 2 aromatic rings. The Hall–Kier alpha value is -1.68. The summed E-state index contributed by atoms with van der Waals surface area (Å²) in [6.07, 6.45) is 5.06. The van der Waals surface area contributed by atoms with E-state index in [1.54, 1.807) is 0 Å². The molecule has 0 atom stereocenters. The zero-order valence-corrected chi connectivity index (χ0v) is 11.7. The summed E-state index contributed by atoms with van der Waals surface area (Å²) in [4.78, 5) is 0. The molecule has 1 heterocycles. The number of hydrogen-bond donors (Lipinski definition) is 1. The highest BCUT2D eigenvalue weighted by Crippen LogP contribution is 2.17. The molecule has 0 bridgehead atoms. The molecule has 0 unspecified atom stereocenters. The first kappa shape index (κ1) is 13.7. The van der Waals surface area contributed by atoms with Crippen molar-refractivity contribution in [1.29, 1.82) is 0 Å². The molecule has 102 valence electrons. The van der Waals surface area contributed by atoms with Gasteiger partial charge in [0.15, 0.2) is 0 Å². The van der Waals surface area contributed by atoms with Gasteiger partial charge in [-0.25, -0.2) is 4.68 Å². The second kappa shape index (κ2) is 6.48. The Morgan fingerprint density at radius 1 is 1.26 bits per heavy atom. The lowest BCUT2D eigenvalue weighted by molar-refractivity contribution is 0.727. The van der Waals surface area contributed by atoms with Crippen LogP contribution in [0.25, 0.3) is 5.69 Å². The van der Waals surface area contributed by atoms with Gasteiger partial charge in [-0.3, -0.25) is 0 Å². The van der Waals surface area contributed by atoms with E-state index < -0.39 is 0 Å². The molecule has 0 aliphatic heterocycles. The fourth-order valence-corrected chi connectivity index (χ4v) is 2.02. The van der Waals surface area contributed by atoms with Crippen molar-refractivity contribution in [2.45, 2.75) is 39.0 Å². The summed E-state index contributed by atoms with van der Waals surface area (Å²) in [5, 5.41) is 8.41. The van der Waals surface area contributed by atoms with E-state index in [4.69, 9.17) is 5.73 Å². The van der Waals surface area contributed by atoms with Gasteiger partial charge in [0.25, 0.3) is 0 Å². The summed E-state index contributed by atoms with van der Waals surface area (Å²) in [5.41, 5.74) is 8.91. The minimum Gasteiger partial charge on any atom is -0.330 e. The smallest absolute Gasteiger partial charge is 0.0831 e. The van der Waals surface area contributed by atoms with Crippen LogP contribution in [0.1, 0.15) is 43.9 Å². The zero-order chi connectivity index (χ0) is 13.7. The lowest BCUT2D eigenvalue weighted by Gasteiger charge is -2.07. The predicted molar refractivity (Wildman–Crippen MR) is 77.4 cm³/mol. The number of aromatic nitrogens is 3. The molecule has 0 saturated carbocycles. The van der Waals surface area contributed by atoms with Crippen LogP contribution in [0, 0.1) is 0 Å². The summed E-state index contributed by atoms with van der Waals surface area (Å²) >= 11 is 0. The Bertz CT molecular complexity index is 516. The minimum absolute atomic E-state index is 0.521. The van der Waals surface area contributed by atoms with Crippen LogP contribution in [-0.2, 0) is 6.42 Å². The maximum Gasteiger partial charge on any atom is 0.0831 e. The van der Waals surface area contributed by atoms with Gasteiger partial charge in [0.1, 0.15) is 0 Å². The molecule has 19 heavy (non-hydrogen) atoms. The van der Waals surface area contributed by atoms with Crippen molar-refractivity contribution in [2.24, 2.45) is 5.73 Å². The van der Waals surface area contributed by atoms with Crippen molar-refractivity contribution in [3.05, 3.63) is 41.7 Å². The molecule has 2 N–H and O–H groups in total. The molecule has 1 aromatic carbocycles. The molecule has 4 heteroatoms. The molecule has 0 saturated heterocycles. The minimum atomic E-state index is 0.521. The normalized spacial score (nSPS) is 11.2. The summed E-state index contributed by atoms with van der Waals surface area (Å²) in [5.74, 6) is 0.521. The molecule has 0 fully saturated rings. The molecule has 1 aromatic heterocycles. The topological polar surface area (TPSA) is 56.7 Å². The molecule has 0 aliphatic rings. The Kier molecular flexibility index (Phi) is 4.68. The number of rotatable bonds is 6. The largest absolute Gasteiger partial charge is 0.330 e. The van der Waals surface area contributed by atoms with Crippen molar-refractivity contribution < 1.29 is 0 Å². The van der Waals surface area contributed by atoms with Crippen LogP contribution in [0.3, 0.4) is 0 Å². The summed E-state index contributed by atoms with van der Waals surface area (Å²) in [7, 11) is 0. The summed E-state index contributed by atoms with van der Waals surface area (Å²) < 4.78 is 1.85. The Morgan fingerprint density at radius 2 is 2.11 bits per heavy atom. The molecule has 0 radical (unpaired) electrons. The number of unbranched alkanes of at least 4 members (excludes halogenated alkanes) is 1. The van der Waals surface area contributed by atoms with Gasteiger partial charge in [0, 0.05) is 0 Å². The third-order valence-corrected chi connectivity index (χ3v) is 3.23. The summed E-state index contributed by atoms with van der Waals surface area (Å²) in [6.45, 7) is 5.13. The van der Waals surface area contributed by atoms with Gasteiger partial charge in [0.2, 0.25) is 0 Å². The van der Waals surface area contributed by atoms with Crippen molar-refractivity contribution in [2.75, 3.05) is 6.54 Å². The van der Waals surface area contributed by atoms with Crippen molar-refractivity contribution in [3.63, 3.8) is 0 Å². The first-order chi connectivity index (χ1) is 9.20. The summed E-state index contributed by atoms with van der Waals surface area (Å²) in [6, 6.07) is 8.45. The molecular weight excluding hydrogens is 236 g/mol. The Balaban J connectivity index is 2.11. The molecule has 0 aliphatic carbocycles. The van der Waals surface area contributed by atoms with Gasteiger partial charge in [-0.05, 0) is 49.4 Å². The van der Waals surface area contributed by atoms with Crippen molar-refractivity contribution >= 4 is 0 Å². The highest BCUT2D eigenvalue weighted by atomic mass is 15.4. The van der Waals surface area contributed by atoms with Crippen LogP contribution in [0.5, 0.6) is 0 Å². The fourth-order valence-electron chi connectivity index (χ4n) is 2.02. The lowest BCUT2D eigenvalue weighted by Crippen LogP contribution is -1.99. The van der Waals surface area contributed by atoms with E-state index in [2.05, 4.69) is 48.4 Å². The third-order valence-electron chi connectivity index (χ3n) is 3.23. The quantitative estimate of drug-likeness (QED) is 0.810. The van der Waals surface area contributed by atoms with Crippen LogP contribution >= 0.6 is 0 Å². The SMILES string of the molecule is CC(C)c1cccc(-n2cc(CCCCN)nn2)c1. The first-order valence-corrected chi connectivity index (χ1v) is 6.92. The molecular formula is C15H22N4. The monoisotopic (exact) mass is 258 g/mol. The van der Waals surface area contributed by atoms with Crippen LogP contribution in [0.2, 0.25) is 0 Å². The van der Waals surface area contributed by atoms with Crippen molar-refractivity contribution in [3.8, 4) is 5.69 Å². The van der Waals surface area contributed by atoms with Crippen LogP contribution < -0.4 is 5.73 Å². The van der Waals surface area contributed by atoms with E-state index in [1.165, 1.54) is 5.56 Å². The maximum absolute atomic E-state index is 5.49. The van der Waals surface area contributed by atoms with E-state index in [9.17, 15) is 0 Å². The molecule has 0 spiro atoms. The number of nitrogens with two attached hydrogens (primary N) is 1. The van der Waals surface area contributed by atoms with Gasteiger partial charge < -0.3 is 5.73 Å². The van der Waals surface area contributed by atoms with Gasteiger partial charge in [0.05, 0.1) is 17.6 Å². The van der Waals surface area contributed by atoms with E-state index >= 15 is 0 Å². The van der Waals surface area contributed by atoms with Gasteiger partial charge in [-0.15, -0.1) is 5.10 Å². The zero-order valence-electron chi connectivity index (χ0n) is 11.7. The maximum atomic E-state index is 5.49. The van der Waals surface area contributed by atoms with Crippen molar-refractivity contribution in [1.82, 2.24) is 15.0 Å². The van der Waals surface area contributed by atoms with E-state index in [0.717, 1.165) is 37.2 Å². The lowest BCUT2D eigenvalue weighted by atomic mass is 10.0. The Morgan fingerprint density at radius 3 is 2.84 bits per heavy atom. The predicted octanol–water partition coefficient (Wildman–Crippen LogP) is 2.67. The number of hydrogen-bond acceptors (Lipinski definition) is 3. The average Bonchev–Trinajstić information content (AvgIpc) is 2.88. The number of aryl methyl sites for hydroxylation is 1. The highest BCUT2D eigenvalue weighted by Gasteiger charge is 2.05. The second-order valence-corrected chi connectivity index (χ2v) is 5.15. The van der Waals surface area contributed by atoms with Gasteiger partial charge >= 0.3 is 0 Å². The molecule has 4 nitrogen and oxygen atoms in total. The first-order valence-electron chi connectivity index (χ1n) is 6.92. The van der Waals surface area contributed by atoms with Crippen LogP contribution in [-0.4, -0.2) is 21.5 Å². The van der Waals surface area contributed by atoms with E-state index in [0.29, 0.717) is 5.92 Å². The number of nitrogens with zero attached hydrogens (tertiary/aromatic N) is 3. The highest BCUT2D eigenvalue weighted by molar-refractivity contribution is 5.36.